The molecule has 0 aliphatic carbocycles. The number of hydrogen-bond donors (Lipinski definition) is 0. The second-order valence-electron chi connectivity index (χ2n) is 3.22. The number of amides is 1. The van der Waals surface area contributed by atoms with Gasteiger partial charge in [-0.3, -0.25) is 4.79 Å². The molecule has 0 atom stereocenters. The molecule has 4 nitrogen and oxygen atoms in total. The van der Waals surface area contributed by atoms with Crippen LogP contribution in [0.2, 0.25) is 5.02 Å². The summed E-state index contributed by atoms with van der Waals surface area (Å²) in [5.41, 5.74) is 1.35. The van der Waals surface area contributed by atoms with Crippen LogP contribution >= 0.6 is 11.6 Å². The van der Waals surface area contributed by atoms with Crippen molar-refractivity contribution in [1.82, 2.24) is 0 Å². The average molecular weight is 226 g/mol. The Morgan fingerprint density at radius 3 is 2.93 bits per heavy atom. The number of carbonyl (C=O) groups excluding carboxylic acids is 2. The van der Waals surface area contributed by atoms with E-state index in [-0.39, 0.29) is 12.3 Å². The third-order valence-electron chi connectivity index (χ3n) is 2.05. The first-order valence-electron chi connectivity index (χ1n) is 4.38. The van der Waals surface area contributed by atoms with Crippen LogP contribution in [-0.2, 0) is 20.8 Å². The average Bonchev–Trinajstić information content (AvgIpc) is 2.41. The van der Waals surface area contributed by atoms with Crippen molar-refractivity contribution in [1.29, 1.82) is 0 Å². The largest absolute Gasteiger partial charge is 0.333 e. The van der Waals surface area contributed by atoms with Crippen molar-refractivity contribution in [2.24, 2.45) is 0 Å². The van der Waals surface area contributed by atoms with Crippen LogP contribution in [0.5, 0.6) is 0 Å². The van der Waals surface area contributed by atoms with Crippen LogP contribution in [0.3, 0.4) is 0 Å². The SMILES string of the molecule is CC(=O)ON1C(=O)Cc2cc(Cl)ccc21. The summed E-state index contributed by atoms with van der Waals surface area (Å²) in [5, 5.41) is 1.57. The summed E-state index contributed by atoms with van der Waals surface area (Å²) in [7, 11) is 0. The maximum absolute atomic E-state index is 11.5. The van der Waals surface area contributed by atoms with Crippen LogP contribution < -0.4 is 5.06 Å². The highest BCUT2D eigenvalue weighted by Gasteiger charge is 2.30. The summed E-state index contributed by atoms with van der Waals surface area (Å²) >= 11 is 5.79. The van der Waals surface area contributed by atoms with Crippen LogP contribution in [0.25, 0.3) is 0 Å². The van der Waals surface area contributed by atoms with E-state index in [0.717, 1.165) is 10.6 Å². The lowest BCUT2D eigenvalue weighted by atomic mass is 10.2. The molecule has 1 heterocycles. The van der Waals surface area contributed by atoms with Crippen LogP contribution in [0, 0.1) is 0 Å². The molecule has 0 radical (unpaired) electrons. The van der Waals surface area contributed by atoms with Crippen molar-refractivity contribution in [2.75, 3.05) is 5.06 Å². The molecule has 0 aromatic heterocycles. The molecule has 5 heteroatoms. The van der Waals surface area contributed by atoms with Crippen LogP contribution in [0.15, 0.2) is 18.2 Å². The third kappa shape index (κ3) is 1.80. The quantitative estimate of drug-likeness (QED) is 0.731. The van der Waals surface area contributed by atoms with Gasteiger partial charge in [-0.15, -0.1) is 5.06 Å². The molecule has 1 aliphatic heterocycles. The Hall–Kier alpha value is -1.55. The molecular weight excluding hydrogens is 218 g/mol. The lowest BCUT2D eigenvalue weighted by Gasteiger charge is -2.14. The molecule has 0 spiro atoms. The van der Waals surface area contributed by atoms with Gasteiger partial charge in [-0.05, 0) is 23.8 Å². The van der Waals surface area contributed by atoms with E-state index in [9.17, 15) is 9.59 Å². The van der Waals surface area contributed by atoms with Gasteiger partial charge in [-0.1, -0.05) is 11.6 Å². The number of carbonyl (C=O) groups is 2. The third-order valence-corrected chi connectivity index (χ3v) is 2.28. The minimum Gasteiger partial charge on any atom is -0.333 e. The zero-order valence-corrected chi connectivity index (χ0v) is 8.75. The Bertz CT molecular complexity index is 444. The minimum absolute atomic E-state index is 0.211. The van der Waals surface area contributed by atoms with Gasteiger partial charge in [0, 0.05) is 11.9 Å². The van der Waals surface area contributed by atoms with Gasteiger partial charge >= 0.3 is 5.97 Å². The highest BCUT2D eigenvalue weighted by atomic mass is 35.5. The minimum atomic E-state index is -0.522. The van der Waals surface area contributed by atoms with Crippen LogP contribution in [-0.4, -0.2) is 11.9 Å². The van der Waals surface area contributed by atoms with Gasteiger partial charge < -0.3 is 4.84 Å². The number of fused-ring (bicyclic) bond motifs is 1. The summed E-state index contributed by atoms with van der Waals surface area (Å²) in [6.07, 6.45) is 0.211. The van der Waals surface area contributed by atoms with Gasteiger partial charge in [0.25, 0.3) is 5.91 Å². The number of hydroxylamine groups is 1. The van der Waals surface area contributed by atoms with E-state index in [1.54, 1.807) is 18.2 Å². The predicted octanol–water partition coefficient (Wildman–Crippen LogP) is 1.71. The normalized spacial score (nSPS) is 14.0. The highest BCUT2D eigenvalue weighted by Crippen LogP contribution is 2.31. The molecule has 15 heavy (non-hydrogen) atoms. The first-order chi connectivity index (χ1) is 7.08. The molecule has 0 N–H and O–H groups in total. The zero-order chi connectivity index (χ0) is 11.0. The van der Waals surface area contributed by atoms with Crippen molar-refractivity contribution >= 4 is 29.2 Å². The highest BCUT2D eigenvalue weighted by molar-refractivity contribution is 6.30. The number of benzene rings is 1. The van der Waals surface area contributed by atoms with E-state index >= 15 is 0 Å². The first-order valence-corrected chi connectivity index (χ1v) is 4.75. The monoisotopic (exact) mass is 225 g/mol. The number of hydrogen-bond acceptors (Lipinski definition) is 3. The molecule has 1 aliphatic rings. The summed E-state index contributed by atoms with van der Waals surface area (Å²) in [6, 6.07) is 5.00. The second-order valence-corrected chi connectivity index (χ2v) is 3.66. The summed E-state index contributed by atoms with van der Waals surface area (Å²) in [5.74, 6) is -0.784. The van der Waals surface area contributed by atoms with Gasteiger partial charge in [0.1, 0.15) is 0 Å². The molecule has 1 aromatic carbocycles. The van der Waals surface area contributed by atoms with Crippen molar-refractivity contribution in [2.45, 2.75) is 13.3 Å². The Morgan fingerprint density at radius 1 is 1.53 bits per heavy atom. The molecule has 0 unspecified atom stereocenters. The fraction of sp³-hybridized carbons (Fsp3) is 0.200. The molecule has 1 amide bonds. The van der Waals surface area contributed by atoms with Crippen molar-refractivity contribution in [3.05, 3.63) is 28.8 Å². The van der Waals surface area contributed by atoms with Crippen molar-refractivity contribution in [3.63, 3.8) is 0 Å². The number of nitrogens with zero attached hydrogens (tertiary/aromatic N) is 1. The van der Waals surface area contributed by atoms with Gasteiger partial charge in [0.2, 0.25) is 0 Å². The van der Waals surface area contributed by atoms with Gasteiger partial charge in [-0.2, -0.15) is 0 Å². The predicted molar refractivity (Wildman–Crippen MR) is 54.4 cm³/mol. The Morgan fingerprint density at radius 2 is 2.27 bits per heavy atom. The van der Waals surface area contributed by atoms with Crippen LogP contribution in [0.4, 0.5) is 5.69 Å². The summed E-state index contributed by atoms with van der Waals surface area (Å²) in [4.78, 5) is 27.1. The standard InChI is InChI=1S/C10H8ClNO3/c1-6(13)15-12-9-3-2-8(11)4-7(9)5-10(12)14/h2-4H,5H2,1H3. The Kier molecular flexibility index (Phi) is 2.36. The lowest BCUT2D eigenvalue weighted by molar-refractivity contribution is -0.147. The van der Waals surface area contributed by atoms with E-state index in [0.29, 0.717) is 10.7 Å². The van der Waals surface area contributed by atoms with Crippen LogP contribution in [0.1, 0.15) is 12.5 Å². The molecular formula is C10H8ClNO3. The van der Waals surface area contributed by atoms with E-state index in [1.165, 1.54) is 6.92 Å². The first kappa shape index (κ1) is 9.98. The Labute approximate surface area is 91.3 Å². The molecule has 2 rings (SSSR count). The van der Waals surface area contributed by atoms with Crippen molar-refractivity contribution in [3.8, 4) is 0 Å². The topological polar surface area (TPSA) is 46.6 Å². The maximum Gasteiger partial charge on any atom is 0.330 e. The van der Waals surface area contributed by atoms with E-state index < -0.39 is 5.97 Å². The fourth-order valence-corrected chi connectivity index (χ4v) is 1.69. The molecule has 78 valence electrons. The fourth-order valence-electron chi connectivity index (χ4n) is 1.49. The summed E-state index contributed by atoms with van der Waals surface area (Å²) < 4.78 is 0. The van der Waals surface area contributed by atoms with E-state index in [2.05, 4.69) is 0 Å². The molecule has 0 fully saturated rings. The molecule has 0 saturated heterocycles. The number of halogens is 1. The maximum atomic E-state index is 11.5. The summed E-state index contributed by atoms with van der Waals surface area (Å²) in [6.45, 7) is 1.25. The van der Waals surface area contributed by atoms with Gasteiger partial charge in [0.15, 0.2) is 0 Å². The van der Waals surface area contributed by atoms with E-state index in [1.807, 2.05) is 0 Å². The van der Waals surface area contributed by atoms with Gasteiger partial charge in [0.05, 0.1) is 12.1 Å². The molecule has 0 saturated carbocycles. The lowest BCUT2D eigenvalue weighted by Crippen LogP contribution is -2.28. The number of rotatable bonds is 1. The number of anilines is 1. The molecule has 0 bridgehead atoms. The Balaban J connectivity index is 2.37. The second kappa shape index (κ2) is 3.55. The zero-order valence-electron chi connectivity index (χ0n) is 7.99. The van der Waals surface area contributed by atoms with Gasteiger partial charge in [-0.25, -0.2) is 4.79 Å². The molecule has 1 aromatic rings. The van der Waals surface area contributed by atoms with E-state index in [4.69, 9.17) is 16.4 Å². The van der Waals surface area contributed by atoms with Crippen molar-refractivity contribution < 1.29 is 14.4 Å². The smallest absolute Gasteiger partial charge is 0.330 e.